The molecule has 2 heteroatoms. The summed E-state index contributed by atoms with van der Waals surface area (Å²) in [5, 5.41) is 9.03. The van der Waals surface area contributed by atoms with E-state index in [1.165, 1.54) is 6.92 Å². The SMILES string of the molecule is CC(=O)/C=C(/C)c1ccc(O)cc1. The van der Waals surface area contributed by atoms with Crippen LogP contribution < -0.4 is 0 Å². The van der Waals surface area contributed by atoms with Gasteiger partial charge in [-0.1, -0.05) is 12.1 Å². The second-order valence-electron chi connectivity index (χ2n) is 2.98. The maximum atomic E-state index is 10.8. The normalized spacial score (nSPS) is 11.4. The number of carbonyl (C=O) groups is 1. The van der Waals surface area contributed by atoms with Crippen molar-refractivity contribution in [1.82, 2.24) is 0 Å². The molecule has 1 N–H and O–H groups in total. The first-order valence-electron chi connectivity index (χ1n) is 4.08. The third kappa shape index (κ3) is 2.75. The zero-order valence-electron chi connectivity index (χ0n) is 7.74. The molecule has 0 radical (unpaired) electrons. The smallest absolute Gasteiger partial charge is 0.152 e. The summed E-state index contributed by atoms with van der Waals surface area (Å²) < 4.78 is 0. The lowest BCUT2D eigenvalue weighted by atomic mass is 10.1. The summed E-state index contributed by atoms with van der Waals surface area (Å²) in [6, 6.07) is 6.77. The maximum absolute atomic E-state index is 10.8. The van der Waals surface area contributed by atoms with E-state index in [4.69, 9.17) is 5.11 Å². The molecule has 0 fully saturated rings. The zero-order valence-corrected chi connectivity index (χ0v) is 7.74. The van der Waals surface area contributed by atoms with Gasteiger partial charge in [0.05, 0.1) is 0 Å². The molecule has 1 aromatic carbocycles. The monoisotopic (exact) mass is 176 g/mol. The summed E-state index contributed by atoms with van der Waals surface area (Å²) >= 11 is 0. The molecule has 1 aromatic rings. The highest BCUT2D eigenvalue weighted by molar-refractivity contribution is 5.94. The van der Waals surface area contributed by atoms with Gasteiger partial charge in [0.2, 0.25) is 0 Å². The Hall–Kier alpha value is -1.57. The van der Waals surface area contributed by atoms with Gasteiger partial charge in [-0.2, -0.15) is 0 Å². The third-order valence-electron chi connectivity index (χ3n) is 1.74. The van der Waals surface area contributed by atoms with Crippen molar-refractivity contribution in [1.29, 1.82) is 0 Å². The second-order valence-corrected chi connectivity index (χ2v) is 2.98. The Kier molecular flexibility index (Phi) is 2.85. The molecule has 0 atom stereocenters. The molecule has 0 aromatic heterocycles. The quantitative estimate of drug-likeness (QED) is 0.702. The minimum Gasteiger partial charge on any atom is -0.508 e. The van der Waals surface area contributed by atoms with E-state index in [9.17, 15) is 4.79 Å². The van der Waals surface area contributed by atoms with Crippen molar-refractivity contribution in [3.63, 3.8) is 0 Å². The summed E-state index contributed by atoms with van der Waals surface area (Å²) in [6.45, 7) is 3.39. The van der Waals surface area contributed by atoms with E-state index < -0.39 is 0 Å². The van der Waals surface area contributed by atoms with Crippen LogP contribution in [0.5, 0.6) is 5.75 Å². The third-order valence-corrected chi connectivity index (χ3v) is 1.74. The van der Waals surface area contributed by atoms with Gasteiger partial charge in [-0.15, -0.1) is 0 Å². The fraction of sp³-hybridized carbons (Fsp3) is 0.182. The largest absolute Gasteiger partial charge is 0.508 e. The molecule has 1 rings (SSSR count). The summed E-state index contributed by atoms with van der Waals surface area (Å²) in [5.74, 6) is 0.268. The van der Waals surface area contributed by atoms with Crippen LogP contribution in [0.2, 0.25) is 0 Å². The summed E-state index contributed by atoms with van der Waals surface area (Å²) in [6.07, 6.45) is 1.58. The van der Waals surface area contributed by atoms with E-state index in [0.717, 1.165) is 11.1 Å². The van der Waals surface area contributed by atoms with E-state index in [1.54, 1.807) is 30.3 Å². The average Bonchev–Trinajstić information content (AvgIpc) is 2.04. The van der Waals surface area contributed by atoms with Crippen molar-refractivity contribution in [2.24, 2.45) is 0 Å². The number of hydrogen-bond donors (Lipinski definition) is 1. The predicted molar refractivity (Wildman–Crippen MR) is 52.4 cm³/mol. The van der Waals surface area contributed by atoms with Gasteiger partial charge in [0.15, 0.2) is 5.78 Å². The van der Waals surface area contributed by atoms with Crippen LogP contribution in [0.3, 0.4) is 0 Å². The number of allylic oxidation sites excluding steroid dienone is 2. The number of carbonyl (C=O) groups excluding carboxylic acids is 1. The van der Waals surface area contributed by atoms with Crippen LogP contribution in [0.25, 0.3) is 5.57 Å². The Morgan fingerprint density at radius 2 is 1.77 bits per heavy atom. The number of phenolic OH excluding ortho intramolecular Hbond substituents is 1. The molecular formula is C11H12O2. The van der Waals surface area contributed by atoms with Crippen LogP contribution in [0.4, 0.5) is 0 Å². The van der Waals surface area contributed by atoms with Crippen molar-refractivity contribution in [2.75, 3.05) is 0 Å². The number of rotatable bonds is 2. The first-order chi connectivity index (χ1) is 6.09. The van der Waals surface area contributed by atoms with Crippen molar-refractivity contribution in [3.8, 4) is 5.75 Å². The summed E-state index contributed by atoms with van der Waals surface area (Å²) in [4.78, 5) is 10.8. The standard InChI is InChI=1S/C11H12O2/c1-8(7-9(2)12)10-3-5-11(13)6-4-10/h3-7,13H,1-2H3/b8-7-. The maximum Gasteiger partial charge on any atom is 0.152 e. The van der Waals surface area contributed by atoms with Gasteiger partial charge in [0, 0.05) is 0 Å². The molecule has 68 valence electrons. The Morgan fingerprint density at radius 1 is 1.23 bits per heavy atom. The molecule has 0 aliphatic carbocycles. The number of phenols is 1. The van der Waals surface area contributed by atoms with Gasteiger partial charge >= 0.3 is 0 Å². The molecule has 0 unspecified atom stereocenters. The number of hydrogen-bond acceptors (Lipinski definition) is 2. The molecule has 0 bridgehead atoms. The Labute approximate surface area is 77.5 Å². The fourth-order valence-electron chi connectivity index (χ4n) is 1.11. The molecule has 0 spiro atoms. The van der Waals surface area contributed by atoms with E-state index in [2.05, 4.69) is 0 Å². The van der Waals surface area contributed by atoms with Crippen LogP contribution in [0.1, 0.15) is 19.4 Å². The molecular weight excluding hydrogens is 164 g/mol. The predicted octanol–water partition coefficient (Wildman–Crippen LogP) is 2.38. The number of ketones is 1. The van der Waals surface area contributed by atoms with E-state index in [0.29, 0.717) is 0 Å². The minimum atomic E-state index is 0.0329. The van der Waals surface area contributed by atoms with Crippen LogP contribution in [-0.2, 0) is 4.79 Å². The molecule has 0 saturated carbocycles. The average molecular weight is 176 g/mol. The highest BCUT2D eigenvalue weighted by Crippen LogP contribution is 2.16. The molecule has 0 aliphatic rings. The van der Waals surface area contributed by atoms with E-state index in [1.807, 2.05) is 6.92 Å². The fourth-order valence-corrected chi connectivity index (χ4v) is 1.11. The molecule has 0 heterocycles. The Balaban J connectivity index is 2.96. The van der Waals surface area contributed by atoms with Crippen molar-refractivity contribution in [3.05, 3.63) is 35.9 Å². The number of benzene rings is 1. The highest BCUT2D eigenvalue weighted by atomic mass is 16.3. The van der Waals surface area contributed by atoms with Gasteiger partial charge < -0.3 is 5.11 Å². The van der Waals surface area contributed by atoms with Crippen molar-refractivity contribution < 1.29 is 9.90 Å². The van der Waals surface area contributed by atoms with Gasteiger partial charge in [-0.25, -0.2) is 0 Å². The van der Waals surface area contributed by atoms with Gasteiger partial charge in [0.1, 0.15) is 5.75 Å². The molecule has 2 nitrogen and oxygen atoms in total. The van der Waals surface area contributed by atoms with Crippen LogP contribution in [0.15, 0.2) is 30.3 Å². The lowest BCUT2D eigenvalue weighted by Crippen LogP contribution is -1.85. The molecule has 13 heavy (non-hydrogen) atoms. The van der Waals surface area contributed by atoms with Crippen molar-refractivity contribution in [2.45, 2.75) is 13.8 Å². The lowest BCUT2D eigenvalue weighted by molar-refractivity contribution is -0.112. The van der Waals surface area contributed by atoms with Gasteiger partial charge in [0.25, 0.3) is 0 Å². The van der Waals surface area contributed by atoms with Gasteiger partial charge in [-0.3, -0.25) is 4.79 Å². The van der Waals surface area contributed by atoms with Crippen LogP contribution in [-0.4, -0.2) is 10.9 Å². The molecule has 0 saturated heterocycles. The zero-order chi connectivity index (χ0) is 9.84. The Morgan fingerprint density at radius 3 is 2.23 bits per heavy atom. The first kappa shape index (κ1) is 9.52. The topological polar surface area (TPSA) is 37.3 Å². The van der Waals surface area contributed by atoms with Crippen molar-refractivity contribution >= 4 is 11.4 Å². The van der Waals surface area contributed by atoms with Gasteiger partial charge in [-0.05, 0) is 43.2 Å². The number of aromatic hydroxyl groups is 1. The van der Waals surface area contributed by atoms with E-state index >= 15 is 0 Å². The second kappa shape index (κ2) is 3.90. The minimum absolute atomic E-state index is 0.0329. The molecule has 0 aliphatic heterocycles. The van der Waals surface area contributed by atoms with Crippen LogP contribution >= 0.6 is 0 Å². The van der Waals surface area contributed by atoms with E-state index in [-0.39, 0.29) is 11.5 Å². The highest BCUT2D eigenvalue weighted by Gasteiger charge is 1.96. The lowest BCUT2D eigenvalue weighted by Gasteiger charge is -2.00. The first-order valence-corrected chi connectivity index (χ1v) is 4.08. The molecule has 0 amide bonds. The summed E-state index contributed by atoms with van der Waals surface area (Å²) in [5.41, 5.74) is 1.86. The summed E-state index contributed by atoms with van der Waals surface area (Å²) in [7, 11) is 0. The Bertz CT molecular complexity index is 334. The van der Waals surface area contributed by atoms with Crippen LogP contribution in [0, 0.1) is 0 Å².